The Hall–Kier alpha value is -1.56. The SMILES string of the molecule is CCCC[C@H](CS(=O)(=O)c1ccccc1)NC(=O)OC(C)(C)C. The third-order valence-corrected chi connectivity index (χ3v) is 4.98. The minimum absolute atomic E-state index is 0.129. The van der Waals surface area contributed by atoms with Crippen LogP contribution in [0.5, 0.6) is 0 Å². The summed E-state index contributed by atoms with van der Waals surface area (Å²) < 4.78 is 30.2. The van der Waals surface area contributed by atoms with Crippen LogP contribution in [0.4, 0.5) is 4.79 Å². The van der Waals surface area contributed by atoms with Gasteiger partial charge in [0.2, 0.25) is 0 Å². The average Bonchev–Trinajstić information content (AvgIpc) is 2.43. The Labute approximate surface area is 139 Å². The maximum Gasteiger partial charge on any atom is 0.407 e. The summed E-state index contributed by atoms with van der Waals surface area (Å²) in [7, 11) is -3.45. The van der Waals surface area contributed by atoms with E-state index in [0.29, 0.717) is 6.42 Å². The molecule has 6 heteroatoms. The fraction of sp³-hybridized carbons (Fsp3) is 0.588. The summed E-state index contributed by atoms with van der Waals surface area (Å²) >= 11 is 0. The monoisotopic (exact) mass is 341 g/mol. The van der Waals surface area contributed by atoms with Crippen LogP contribution in [-0.2, 0) is 14.6 Å². The lowest BCUT2D eigenvalue weighted by Gasteiger charge is -2.23. The molecule has 0 aliphatic rings. The fourth-order valence-electron chi connectivity index (χ4n) is 2.11. The van der Waals surface area contributed by atoms with Gasteiger partial charge in [-0.25, -0.2) is 13.2 Å². The molecule has 0 spiro atoms. The fourth-order valence-corrected chi connectivity index (χ4v) is 3.65. The molecule has 0 saturated carbocycles. The smallest absolute Gasteiger partial charge is 0.407 e. The highest BCUT2D eigenvalue weighted by atomic mass is 32.2. The number of amides is 1. The zero-order chi connectivity index (χ0) is 17.5. The number of ether oxygens (including phenoxy) is 1. The van der Waals surface area contributed by atoms with Crippen LogP contribution < -0.4 is 5.32 Å². The van der Waals surface area contributed by atoms with Crippen LogP contribution in [0.25, 0.3) is 0 Å². The molecule has 0 saturated heterocycles. The molecular formula is C17H27NO4S. The van der Waals surface area contributed by atoms with Gasteiger partial charge in [-0.2, -0.15) is 0 Å². The molecule has 0 radical (unpaired) electrons. The minimum atomic E-state index is -3.45. The zero-order valence-electron chi connectivity index (χ0n) is 14.3. The molecule has 0 unspecified atom stereocenters. The van der Waals surface area contributed by atoms with Gasteiger partial charge >= 0.3 is 6.09 Å². The van der Waals surface area contributed by atoms with Gasteiger partial charge in [-0.1, -0.05) is 38.0 Å². The van der Waals surface area contributed by atoms with Crippen molar-refractivity contribution < 1.29 is 17.9 Å². The van der Waals surface area contributed by atoms with Gasteiger partial charge in [0.25, 0.3) is 0 Å². The third-order valence-electron chi connectivity index (χ3n) is 3.15. The first-order chi connectivity index (χ1) is 10.6. The molecule has 1 N–H and O–H groups in total. The summed E-state index contributed by atoms with van der Waals surface area (Å²) in [5, 5.41) is 2.69. The van der Waals surface area contributed by atoms with Crippen molar-refractivity contribution >= 4 is 15.9 Å². The topological polar surface area (TPSA) is 72.5 Å². The lowest BCUT2D eigenvalue weighted by atomic mass is 10.1. The van der Waals surface area contributed by atoms with Gasteiger partial charge in [0.05, 0.1) is 10.6 Å². The van der Waals surface area contributed by atoms with Gasteiger partial charge in [0, 0.05) is 6.04 Å². The summed E-state index contributed by atoms with van der Waals surface area (Å²) in [5.41, 5.74) is -0.613. The molecule has 0 aromatic heterocycles. The standard InChI is InChI=1S/C17H27NO4S/c1-5-6-10-14(18-16(19)22-17(2,3)4)13-23(20,21)15-11-8-7-9-12-15/h7-9,11-12,14H,5-6,10,13H2,1-4H3,(H,18,19)/t14-/m1/s1. The molecular weight excluding hydrogens is 314 g/mol. The Morgan fingerprint density at radius 3 is 2.35 bits per heavy atom. The second-order valence-electron chi connectivity index (χ2n) is 6.58. The molecule has 23 heavy (non-hydrogen) atoms. The Morgan fingerprint density at radius 1 is 1.22 bits per heavy atom. The number of unbranched alkanes of at least 4 members (excludes halogenated alkanes) is 1. The van der Waals surface area contributed by atoms with E-state index in [1.54, 1.807) is 51.1 Å². The first kappa shape index (κ1) is 19.5. The second-order valence-corrected chi connectivity index (χ2v) is 8.61. The largest absolute Gasteiger partial charge is 0.444 e. The molecule has 0 bridgehead atoms. The van der Waals surface area contributed by atoms with Crippen molar-refractivity contribution in [3.8, 4) is 0 Å². The van der Waals surface area contributed by atoms with Crippen LogP contribution >= 0.6 is 0 Å². The summed E-state index contributed by atoms with van der Waals surface area (Å²) in [6.45, 7) is 7.34. The first-order valence-corrected chi connectivity index (χ1v) is 9.56. The third kappa shape index (κ3) is 7.50. The highest BCUT2D eigenvalue weighted by molar-refractivity contribution is 7.91. The van der Waals surface area contributed by atoms with Crippen LogP contribution in [-0.4, -0.2) is 31.9 Å². The van der Waals surface area contributed by atoms with Crippen LogP contribution in [0.2, 0.25) is 0 Å². The van der Waals surface area contributed by atoms with E-state index in [9.17, 15) is 13.2 Å². The van der Waals surface area contributed by atoms with E-state index >= 15 is 0 Å². The van der Waals surface area contributed by atoms with Crippen molar-refractivity contribution in [2.75, 3.05) is 5.75 Å². The molecule has 5 nitrogen and oxygen atoms in total. The van der Waals surface area contributed by atoms with Crippen LogP contribution in [0.1, 0.15) is 47.0 Å². The molecule has 1 atom stereocenters. The number of alkyl carbamates (subject to hydrolysis) is 1. The predicted octanol–water partition coefficient (Wildman–Crippen LogP) is 3.54. The number of benzene rings is 1. The van der Waals surface area contributed by atoms with Crippen molar-refractivity contribution in [1.29, 1.82) is 0 Å². The van der Waals surface area contributed by atoms with E-state index in [4.69, 9.17) is 4.74 Å². The Balaban J connectivity index is 2.80. The number of rotatable bonds is 7. The number of sulfone groups is 1. The first-order valence-electron chi connectivity index (χ1n) is 7.91. The molecule has 130 valence electrons. The molecule has 0 fully saturated rings. The number of carbonyl (C=O) groups excluding carboxylic acids is 1. The highest BCUT2D eigenvalue weighted by Crippen LogP contribution is 2.14. The van der Waals surface area contributed by atoms with Gasteiger partial charge in [-0.15, -0.1) is 0 Å². The average molecular weight is 341 g/mol. The van der Waals surface area contributed by atoms with E-state index in [-0.39, 0.29) is 10.6 Å². The quantitative estimate of drug-likeness (QED) is 0.823. The van der Waals surface area contributed by atoms with E-state index < -0.39 is 27.6 Å². The highest BCUT2D eigenvalue weighted by Gasteiger charge is 2.24. The normalized spacial score (nSPS) is 13.4. The summed E-state index contributed by atoms with van der Waals surface area (Å²) in [4.78, 5) is 12.2. The number of hydrogen-bond acceptors (Lipinski definition) is 4. The molecule has 1 aromatic rings. The van der Waals surface area contributed by atoms with Gasteiger partial charge in [-0.05, 0) is 39.3 Å². The number of carbonyl (C=O) groups is 1. The van der Waals surface area contributed by atoms with Crippen molar-refractivity contribution in [3.63, 3.8) is 0 Å². The lowest BCUT2D eigenvalue weighted by molar-refractivity contribution is 0.0506. The van der Waals surface area contributed by atoms with Crippen LogP contribution in [0, 0.1) is 0 Å². The van der Waals surface area contributed by atoms with E-state index in [2.05, 4.69) is 5.32 Å². The maximum absolute atomic E-state index is 12.5. The van der Waals surface area contributed by atoms with Crippen molar-refractivity contribution in [2.24, 2.45) is 0 Å². The van der Waals surface area contributed by atoms with Gasteiger partial charge in [-0.3, -0.25) is 0 Å². The maximum atomic E-state index is 12.5. The van der Waals surface area contributed by atoms with E-state index in [1.807, 2.05) is 6.92 Å². The molecule has 1 rings (SSSR count). The van der Waals surface area contributed by atoms with E-state index in [1.165, 1.54) is 0 Å². The zero-order valence-corrected chi connectivity index (χ0v) is 15.2. The summed E-state index contributed by atoms with van der Waals surface area (Å²) in [5.74, 6) is -0.129. The van der Waals surface area contributed by atoms with Crippen molar-refractivity contribution in [1.82, 2.24) is 5.32 Å². The lowest BCUT2D eigenvalue weighted by Crippen LogP contribution is -2.42. The van der Waals surface area contributed by atoms with Gasteiger partial charge in [0.1, 0.15) is 5.60 Å². The second kappa shape index (κ2) is 8.34. The van der Waals surface area contributed by atoms with E-state index in [0.717, 1.165) is 12.8 Å². The van der Waals surface area contributed by atoms with Crippen molar-refractivity contribution in [3.05, 3.63) is 30.3 Å². The summed E-state index contributed by atoms with van der Waals surface area (Å²) in [6.07, 6.45) is 1.78. The molecule has 0 aliphatic carbocycles. The Kier molecular flexibility index (Phi) is 7.06. The molecule has 1 aromatic carbocycles. The van der Waals surface area contributed by atoms with Crippen LogP contribution in [0.3, 0.4) is 0 Å². The van der Waals surface area contributed by atoms with Gasteiger partial charge in [0.15, 0.2) is 9.84 Å². The van der Waals surface area contributed by atoms with Gasteiger partial charge < -0.3 is 10.1 Å². The molecule has 0 aliphatic heterocycles. The Morgan fingerprint density at radius 2 is 1.83 bits per heavy atom. The predicted molar refractivity (Wildman–Crippen MR) is 91.2 cm³/mol. The summed E-state index contributed by atoms with van der Waals surface area (Å²) in [6, 6.07) is 7.83. The number of nitrogens with one attached hydrogen (secondary N) is 1. The number of hydrogen-bond donors (Lipinski definition) is 1. The molecule has 0 heterocycles. The minimum Gasteiger partial charge on any atom is -0.444 e. The van der Waals surface area contributed by atoms with Crippen LogP contribution in [0.15, 0.2) is 35.2 Å². The molecule has 1 amide bonds. The van der Waals surface area contributed by atoms with Crippen molar-refractivity contribution in [2.45, 2.75) is 63.5 Å². The Bertz CT molecular complexity index is 591.